The number of allylic oxidation sites excluding steroid dienone is 3. The van der Waals surface area contributed by atoms with Gasteiger partial charge >= 0.3 is 6.09 Å². The number of nitrogens with one attached hydrogen (secondary N) is 1. The molecule has 0 aliphatic heterocycles. The van der Waals surface area contributed by atoms with Crippen molar-refractivity contribution < 1.29 is 22.8 Å². The number of hydrogen-bond donors (Lipinski definition) is 1. The van der Waals surface area contributed by atoms with Gasteiger partial charge in [0.25, 0.3) is 0 Å². The van der Waals surface area contributed by atoms with Gasteiger partial charge in [-0.2, -0.15) is 0 Å². The van der Waals surface area contributed by atoms with Gasteiger partial charge in [0, 0.05) is 26.3 Å². The molecule has 7 nitrogen and oxygen atoms in total. The van der Waals surface area contributed by atoms with E-state index in [0.717, 1.165) is 49.9 Å². The maximum absolute atomic E-state index is 12.1. The highest BCUT2D eigenvalue weighted by molar-refractivity contribution is 6.74. The molecule has 0 radical (unpaired) electrons. The highest BCUT2D eigenvalue weighted by Crippen LogP contribution is 2.60. The van der Waals surface area contributed by atoms with Gasteiger partial charge in [0.15, 0.2) is 16.6 Å². The van der Waals surface area contributed by atoms with Gasteiger partial charge in [-0.15, -0.1) is 0 Å². The molecule has 1 aromatic heterocycles. The van der Waals surface area contributed by atoms with E-state index in [4.69, 9.17) is 29.6 Å². The summed E-state index contributed by atoms with van der Waals surface area (Å²) in [6.07, 6.45) is 21.4. The third kappa shape index (κ3) is 10.3. The second-order valence-electron chi connectivity index (χ2n) is 22.0. The quantitative estimate of drug-likeness (QED) is 0.177. The van der Waals surface area contributed by atoms with Crippen LogP contribution in [0.4, 0.5) is 4.79 Å². The number of alkyl carbamates (subject to hydrolysis) is 1. The van der Waals surface area contributed by atoms with Crippen molar-refractivity contribution in [2.75, 3.05) is 7.05 Å². The smallest absolute Gasteiger partial charge is 0.407 e. The Balaban J connectivity index is 1.48. The molecule has 7 atom stereocenters. The zero-order valence-corrected chi connectivity index (χ0v) is 40.8. The minimum atomic E-state index is -2.31. The Morgan fingerprint density at radius 3 is 2.35 bits per heavy atom. The van der Waals surface area contributed by atoms with E-state index in [-0.39, 0.29) is 33.8 Å². The van der Waals surface area contributed by atoms with Gasteiger partial charge in [0.1, 0.15) is 17.5 Å². The molecule has 57 heavy (non-hydrogen) atoms. The Bertz CT molecular complexity index is 1630. The summed E-state index contributed by atoms with van der Waals surface area (Å²) in [6.45, 7) is 35.4. The van der Waals surface area contributed by atoms with E-state index in [2.05, 4.69) is 106 Å². The summed E-state index contributed by atoms with van der Waals surface area (Å²) in [7, 11) is -2.85. The summed E-state index contributed by atoms with van der Waals surface area (Å²) in [6, 6.07) is 0. The summed E-state index contributed by atoms with van der Waals surface area (Å²) in [5, 5.41) is 2.72. The zero-order chi connectivity index (χ0) is 42.2. The van der Waals surface area contributed by atoms with Crippen LogP contribution in [0.2, 0.25) is 36.3 Å². The van der Waals surface area contributed by atoms with Crippen molar-refractivity contribution in [2.45, 2.75) is 206 Å². The normalized spacial score (nSPS) is 30.1. The van der Waals surface area contributed by atoms with Gasteiger partial charge in [-0.05, 0) is 141 Å². The standard InChI is InChI=1S/C48H82N2O5Si2/c1-16-17-20-38-32-50-43(52-38)48(55-57(14,15)46(7,8)9)30-37(34(3)42(31-48)54-56(12,13)45(4,5)6)25-22-35-19-18-29-47(10)39(26-27-40(35)47)33(2)21-28-41(36-23-24-36)53-44(51)49-11/h22,25,32-33,36,39-42H,3,16-21,23-24,26-31H2,1-2,4-15H3,(H,49,51)/b35-22+,37-25-/t33-,39-,40+,41-,42+,47-,48-/m1/s1. The van der Waals surface area contributed by atoms with Crippen molar-refractivity contribution in [3.8, 4) is 0 Å². The molecule has 0 spiro atoms. The minimum Gasteiger partial charge on any atom is -0.446 e. The molecule has 4 saturated carbocycles. The summed E-state index contributed by atoms with van der Waals surface area (Å²) in [5.41, 5.74) is 3.42. The average molecular weight is 823 g/mol. The number of ether oxygens (including phenoxy) is 1. The first-order chi connectivity index (χ1) is 26.5. The number of nitrogens with zero attached hydrogens (tertiary/aromatic N) is 1. The van der Waals surface area contributed by atoms with E-state index in [1.54, 1.807) is 12.6 Å². The Hall–Kier alpha value is -1.95. The third-order valence-corrected chi connectivity index (χ3v) is 24.8. The lowest BCUT2D eigenvalue weighted by Gasteiger charge is -2.50. The van der Waals surface area contributed by atoms with Crippen LogP contribution in [-0.4, -0.2) is 47.0 Å². The highest BCUT2D eigenvalue weighted by Gasteiger charge is 2.54. The fourth-order valence-electron chi connectivity index (χ4n) is 9.95. The molecule has 1 aromatic rings. The number of oxazole rings is 1. The monoisotopic (exact) mass is 823 g/mol. The first-order valence-electron chi connectivity index (χ1n) is 22.8. The van der Waals surface area contributed by atoms with Gasteiger partial charge in [0.05, 0.1) is 12.3 Å². The molecule has 0 bridgehead atoms. The van der Waals surface area contributed by atoms with Crippen molar-refractivity contribution in [3.63, 3.8) is 0 Å². The summed E-state index contributed by atoms with van der Waals surface area (Å²) in [5.74, 6) is 4.03. The van der Waals surface area contributed by atoms with E-state index in [1.165, 1.54) is 44.1 Å². The van der Waals surface area contributed by atoms with E-state index < -0.39 is 22.2 Å². The number of carbonyl (C=O) groups is 1. The van der Waals surface area contributed by atoms with Crippen LogP contribution in [0.15, 0.2) is 46.1 Å². The van der Waals surface area contributed by atoms with E-state index >= 15 is 0 Å². The van der Waals surface area contributed by atoms with Crippen LogP contribution in [0.25, 0.3) is 0 Å². The molecule has 1 amide bonds. The number of rotatable bonds is 15. The number of aromatic nitrogens is 1. The van der Waals surface area contributed by atoms with Crippen molar-refractivity contribution in [3.05, 3.63) is 53.3 Å². The Morgan fingerprint density at radius 1 is 1.05 bits per heavy atom. The number of aryl methyl sites for hydroxylation is 1. The van der Waals surface area contributed by atoms with Gasteiger partial charge < -0.3 is 23.3 Å². The number of unbranched alkanes of at least 4 members (excludes halogenated alkanes) is 1. The zero-order valence-electron chi connectivity index (χ0n) is 38.8. The first-order valence-corrected chi connectivity index (χ1v) is 28.6. The van der Waals surface area contributed by atoms with Crippen LogP contribution < -0.4 is 5.32 Å². The van der Waals surface area contributed by atoms with Crippen LogP contribution in [0.5, 0.6) is 0 Å². The van der Waals surface area contributed by atoms with Crippen LogP contribution >= 0.6 is 0 Å². The lowest BCUT2D eigenvalue weighted by Crippen LogP contribution is -2.53. The van der Waals surface area contributed by atoms with Crippen LogP contribution in [-0.2, 0) is 25.6 Å². The summed E-state index contributed by atoms with van der Waals surface area (Å²) in [4.78, 5) is 17.2. The van der Waals surface area contributed by atoms with E-state index in [1.807, 2.05) is 6.20 Å². The minimum absolute atomic E-state index is 0.00636. The molecule has 0 aromatic carbocycles. The molecular formula is C48H82N2O5Si2. The molecule has 0 unspecified atom stereocenters. The van der Waals surface area contributed by atoms with Crippen molar-refractivity contribution in [1.29, 1.82) is 0 Å². The van der Waals surface area contributed by atoms with E-state index in [0.29, 0.717) is 42.4 Å². The van der Waals surface area contributed by atoms with Crippen LogP contribution in [0.3, 0.4) is 0 Å². The Kier molecular flexibility index (Phi) is 14.2. The molecule has 4 aliphatic rings. The molecule has 4 aliphatic carbocycles. The maximum atomic E-state index is 12.1. The SMILES string of the molecule is C=C1/C(=C\C=C2/CCC[C@]3(C)[C@@H]([C@H](C)CC[C@@H](OC(=O)NC)C4CC4)CC[C@@H]23)C[C@](O[Si](C)(C)C(C)(C)C)(c2ncc(CCCC)o2)C[C@@H]1O[Si](C)(C)C(C)(C)C. The molecular weight excluding hydrogens is 741 g/mol. The summed E-state index contributed by atoms with van der Waals surface area (Å²) < 4.78 is 27.6. The van der Waals surface area contributed by atoms with Gasteiger partial charge in [-0.25, -0.2) is 9.78 Å². The van der Waals surface area contributed by atoms with Crippen LogP contribution in [0.1, 0.15) is 157 Å². The largest absolute Gasteiger partial charge is 0.446 e. The fraction of sp³-hybridized carbons (Fsp3) is 0.792. The predicted molar refractivity (Wildman–Crippen MR) is 240 cm³/mol. The highest BCUT2D eigenvalue weighted by atomic mass is 28.4. The molecule has 0 saturated heterocycles. The Morgan fingerprint density at radius 2 is 1.74 bits per heavy atom. The number of hydrogen-bond acceptors (Lipinski definition) is 6. The molecule has 1 heterocycles. The van der Waals surface area contributed by atoms with E-state index in [9.17, 15) is 4.79 Å². The Labute approximate surface area is 350 Å². The molecule has 322 valence electrons. The lowest BCUT2D eigenvalue weighted by molar-refractivity contribution is -0.0234. The number of fused-ring (bicyclic) bond motifs is 1. The third-order valence-electron chi connectivity index (χ3n) is 15.8. The number of carbonyl (C=O) groups excluding carboxylic acids is 1. The topological polar surface area (TPSA) is 82.8 Å². The fourth-order valence-corrected chi connectivity index (χ4v) is 12.8. The average Bonchev–Trinajstić information content (AvgIpc) is 3.73. The summed E-state index contributed by atoms with van der Waals surface area (Å²) >= 11 is 0. The van der Waals surface area contributed by atoms with Crippen molar-refractivity contribution in [2.24, 2.45) is 29.1 Å². The number of amides is 1. The van der Waals surface area contributed by atoms with Crippen LogP contribution in [0, 0.1) is 29.1 Å². The van der Waals surface area contributed by atoms with Crippen molar-refractivity contribution in [1.82, 2.24) is 10.3 Å². The van der Waals surface area contributed by atoms with Gasteiger partial charge in [-0.3, -0.25) is 0 Å². The molecule has 9 heteroatoms. The molecule has 5 rings (SSSR count). The second kappa shape index (κ2) is 17.6. The molecule has 4 fully saturated rings. The molecule has 1 N–H and O–H groups in total. The van der Waals surface area contributed by atoms with Gasteiger partial charge in [0.2, 0.25) is 5.89 Å². The van der Waals surface area contributed by atoms with Crippen molar-refractivity contribution >= 4 is 22.7 Å². The lowest BCUT2D eigenvalue weighted by atomic mass is 9.60. The predicted octanol–water partition coefficient (Wildman–Crippen LogP) is 13.6. The first kappa shape index (κ1) is 46.1. The maximum Gasteiger partial charge on any atom is 0.407 e. The van der Waals surface area contributed by atoms with Gasteiger partial charge in [-0.1, -0.05) is 93.0 Å². The second-order valence-corrected chi connectivity index (χ2v) is 31.5.